The summed E-state index contributed by atoms with van der Waals surface area (Å²) in [4.78, 5) is 2.39. The maximum absolute atomic E-state index is 6.37. The zero-order chi connectivity index (χ0) is 12.3. The summed E-state index contributed by atoms with van der Waals surface area (Å²) in [5, 5.41) is 4.02. The lowest BCUT2D eigenvalue weighted by atomic mass is 10.2. The van der Waals surface area contributed by atoms with Crippen LogP contribution in [0.25, 0.3) is 0 Å². The van der Waals surface area contributed by atoms with Gasteiger partial charge in [-0.15, -0.1) is 0 Å². The Labute approximate surface area is 109 Å². The van der Waals surface area contributed by atoms with Gasteiger partial charge in [-0.25, -0.2) is 0 Å². The smallest absolute Gasteiger partial charge is 0.0642 e. The van der Waals surface area contributed by atoms with E-state index < -0.39 is 0 Å². The van der Waals surface area contributed by atoms with E-state index in [1.807, 2.05) is 7.05 Å². The van der Waals surface area contributed by atoms with Crippen molar-refractivity contribution in [1.82, 2.24) is 5.32 Å². The predicted octanol–water partition coefficient (Wildman–Crippen LogP) is 3.30. The van der Waals surface area contributed by atoms with Gasteiger partial charge in [-0.05, 0) is 50.4 Å². The van der Waals surface area contributed by atoms with E-state index in [2.05, 4.69) is 35.3 Å². The molecule has 1 aromatic rings. The normalized spacial score (nSPS) is 15.0. The largest absolute Gasteiger partial charge is 0.370 e. The highest BCUT2D eigenvalue weighted by atomic mass is 35.5. The van der Waals surface area contributed by atoms with Crippen molar-refractivity contribution in [3.63, 3.8) is 0 Å². The Morgan fingerprint density at radius 1 is 1.41 bits per heavy atom. The summed E-state index contributed by atoms with van der Waals surface area (Å²) < 4.78 is 0. The van der Waals surface area contributed by atoms with Gasteiger partial charge in [0.05, 0.1) is 10.7 Å². The molecule has 0 amide bonds. The summed E-state index contributed by atoms with van der Waals surface area (Å²) >= 11 is 6.37. The third kappa shape index (κ3) is 3.36. The average molecular weight is 253 g/mol. The van der Waals surface area contributed by atoms with Crippen molar-refractivity contribution < 1.29 is 0 Å². The van der Waals surface area contributed by atoms with Crippen LogP contribution in [0.5, 0.6) is 0 Å². The number of nitrogens with one attached hydrogen (secondary N) is 1. The second kappa shape index (κ2) is 5.74. The lowest BCUT2D eigenvalue weighted by Gasteiger charge is -2.24. The Bertz CT molecular complexity index is 374. The molecule has 1 aliphatic carbocycles. The predicted molar refractivity (Wildman–Crippen MR) is 74.8 cm³/mol. The molecule has 0 spiro atoms. The van der Waals surface area contributed by atoms with E-state index in [-0.39, 0.29) is 0 Å². The number of rotatable bonds is 6. The van der Waals surface area contributed by atoms with Crippen molar-refractivity contribution in [2.45, 2.75) is 26.3 Å². The van der Waals surface area contributed by atoms with Crippen molar-refractivity contribution >= 4 is 17.3 Å². The minimum absolute atomic E-state index is 0.870. The van der Waals surface area contributed by atoms with E-state index >= 15 is 0 Å². The van der Waals surface area contributed by atoms with Gasteiger partial charge in [0.15, 0.2) is 0 Å². The SMILES string of the molecule is CCN(CC1CC1)c1ccc(CNC)cc1Cl. The number of nitrogens with zero attached hydrogens (tertiary/aromatic N) is 1. The van der Waals surface area contributed by atoms with Crippen LogP contribution in [-0.2, 0) is 6.54 Å². The molecule has 94 valence electrons. The molecule has 2 nitrogen and oxygen atoms in total. The molecule has 0 atom stereocenters. The van der Waals surface area contributed by atoms with E-state index in [0.717, 1.165) is 30.6 Å². The standard InChI is InChI=1S/C14H21ClN2/c1-3-17(10-11-4-5-11)14-7-6-12(9-16-2)8-13(14)15/h6-8,11,16H,3-5,9-10H2,1-2H3. The monoisotopic (exact) mass is 252 g/mol. The first-order valence-electron chi connectivity index (χ1n) is 6.42. The summed E-state index contributed by atoms with van der Waals surface area (Å²) in [6, 6.07) is 6.39. The van der Waals surface area contributed by atoms with Gasteiger partial charge in [0.25, 0.3) is 0 Å². The maximum Gasteiger partial charge on any atom is 0.0642 e. The van der Waals surface area contributed by atoms with Crippen LogP contribution in [0, 0.1) is 5.92 Å². The minimum Gasteiger partial charge on any atom is -0.370 e. The average Bonchev–Trinajstić information content (AvgIpc) is 3.11. The Morgan fingerprint density at radius 2 is 2.18 bits per heavy atom. The van der Waals surface area contributed by atoms with Gasteiger partial charge in [0.2, 0.25) is 0 Å². The van der Waals surface area contributed by atoms with Crippen molar-refractivity contribution in [2.75, 3.05) is 25.0 Å². The minimum atomic E-state index is 0.870. The van der Waals surface area contributed by atoms with Crippen molar-refractivity contribution in [2.24, 2.45) is 5.92 Å². The molecule has 1 fully saturated rings. The van der Waals surface area contributed by atoms with Gasteiger partial charge >= 0.3 is 0 Å². The first-order chi connectivity index (χ1) is 8.24. The van der Waals surface area contributed by atoms with Crippen LogP contribution < -0.4 is 10.2 Å². The molecule has 0 heterocycles. The van der Waals surface area contributed by atoms with E-state index in [4.69, 9.17) is 11.6 Å². The third-order valence-electron chi connectivity index (χ3n) is 3.29. The van der Waals surface area contributed by atoms with Crippen molar-refractivity contribution in [3.8, 4) is 0 Å². The number of hydrogen-bond donors (Lipinski definition) is 1. The highest BCUT2D eigenvalue weighted by Gasteiger charge is 2.24. The third-order valence-corrected chi connectivity index (χ3v) is 3.59. The van der Waals surface area contributed by atoms with Gasteiger partial charge in [0, 0.05) is 19.6 Å². The summed E-state index contributed by atoms with van der Waals surface area (Å²) in [6.45, 7) is 5.25. The van der Waals surface area contributed by atoms with Crippen LogP contribution in [0.3, 0.4) is 0 Å². The van der Waals surface area contributed by atoms with Crippen LogP contribution in [0.2, 0.25) is 5.02 Å². The molecule has 0 aromatic heterocycles. The number of hydrogen-bond acceptors (Lipinski definition) is 2. The summed E-state index contributed by atoms with van der Waals surface area (Å²) in [6.07, 6.45) is 2.76. The Morgan fingerprint density at radius 3 is 2.71 bits per heavy atom. The molecule has 2 rings (SSSR count). The maximum atomic E-state index is 6.37. The van der Waals surface area contributed by atoms with Crippen LogP contribution in [-0.4, -0.2) is 20.1 Å². The summed E-state index contributed by atoms with van der Waals surface area (Å²) in [5.41, 5.74) is 2.42. The van der Waals surface area contributed by atoms with E-state index in [1.165, 1.54) is 24.1 Å². The lowest BCUT2D eigenvalue weighted by Crippen LogP contribution is -2.25. The Balaban J connectivity index is 2.12. The highest BCUT2D eigenvalue weighted by Crippen LogP contribution is 2.34. The van der Waals surface area contributed by atoms with E-state index in [1.54, 1.807) is 0 Å². The van der Waals surface area contributed by atoms with E-state index in [9.17, 15) is 0 Å². The molecule has 1 aliphatic rings. The molecule has 1 saturated carbocycles. The van der Waals surface area contributed by atoms with Gasteiger partial charge in [-0.2, -0.15) is 0 Å². The number of anilines is 1. The molecule has 0 aliphatic heterocycles. The topological polar surface area (TPSA) is 15.3 Å². The zero-order valence-electron chi connectivity index (χ0n) is 10.7. The van der Waals surface area contributed by atoms with E-state index in [0.29, 0.717) is 0 Å². The summed E-state index contributed by atoms with van der Waals surface area (Å²) in [7, 11) is 1.95. The van der Waals surface area contributed by atoms with Crippen LogP contribution in [0.15, 0.2) is 18.2 Å². The molecular formula is C14H21ClN2. The molecule has 0 saturated heterocycles. The van der Waals surface area contributed by atoms with Gasteiger partial charge in [-0.1, -0.05) is 17.7 Å². The molecule has 0 unspecified atom stereocenters. The first-order valence-corrected chi connectivity index (χ1v) is 6.80. The molecule has 17 heavy (non-hydrogen) atoms. The molecule has 1 N–H and O–H groups in total. The molecular weight excluding hydrogens is 232 g/mol. The van der Waals surface area contributed by atoms with Crippen LogP contribution in [0.4, 0.5) is 5.69 Å². The molecule has 3 heteroatoms. The second-order valence-electron chi connectivity index (χ2n) is 4.80. The van der Waals surface area contributed by atoms with Crippen molar-refractivity contribution in [3.05, 3.63) is 28.8 Å². The van der Waals surface area contributed by atoms with Crippen molar-refractivity contribution in [1.29, 1.82) is 0 Å². The van der Waals surface area contributed by atoms with Gasteiger partial charge < -0.3 is 10.2 Å². The lowest BCUT2D eigenvalue weighted by molar-refractivity contribution is 0.741. The Kier molecular flexibility index (Phi) is 4.30. The van der Waals surface area contributed by atoms with Crippen LogP contribution >= 0.6 is 11.6 Å². The molecule has 1 aromatic carbocycles. The fourth-order valence-corrected chi connectivity index (χ4v) is 2.45. The fourth-order valence-electron chi connectivity index (χ4n) is 2.13. The van der Waals surface area contributed by atoms with Crippen LogP contribution in [0.1, 0.15) is 25.3 Å². The zero-order valence-corrected chi connectivity index (χ0v) is 11.4. The van der Waals surface area contributed by atoms with Gasteiger partial charge in [-0.3, -0.25) is 0 Å². The number of halogens is 1. The number of benzene rings is 1. The quantitative estimate of drug-likeness (QED) is 0.836. The first kappa shape index (κ1) is 12.7. The molecule has 0 bridgehead atoms. The highest BCUT2D eigenvalue weighted by molar-refractivity contribution is 6.33. The van der Waals surface area contributed by atoms with Gasteiger partial charge in [0.1, 0.15) is 0 Å². The summed E-state index contributed by atoms with van der Waals surface area (Å²) in [5.74, 6) is 0.892. The fraction of sp³-hybridized carbons (Fsp3) is 0.571. The Hall–Kier alpha value is -0.730. The second-order valence-corrected chi connectivity index (χ2v) is 5.21. The molecule has 0 radical (unpaired) electrons.